The van der Waals surface area contributed by atoms with Crippen molar-refractivity contribution in [3.8, 4) is 0 Å². The Bertz CT molecular complexity index is 400. The van der Waals surface area contributed by atoms with Crippen molar-refractivity contribution in [3.05, 3.63) is 0 Å². The van der Waals surface area contributed by atoms with Crippen LogP contribution in [-0.2, 0) is 9.59 Å². The molecule has 2 fully saturated rings. The molecule has 1 saturated heterocycles. The van der Waals surface area contributed by atoms with Crippen LogP contribution >= 0.6 is 0 Å². The van der Waals surface area contributed by atoms with Gasteiger partial charge < -0.3 is 10.6 Å². The van der Waals surface area contributed by atoms with Crippen LogP contribution in [0.25, 0.3) is 0 Å². The lowest BCUT2D eigenvalue weighted by Gasteiger charge is -2.20. The normalized spacial score (nSPS) is 21.3. The highest BCUT2D eigenvalue weighted by Crippen LogP contribution is 2.34. The summed E-state index contributed by atoms with van der Waals surface area (Å²) in [6, 6.07) is -0.291. The van der Waals surface area contributed by atoms with E-state index < -0.39 is 5.54 Å². The second-order valence-electron chi connectivity index (χ2n) is 5.65. The van der Waals surface area contributed by atoms with Gasteiger partial charge in [-0.2, -0.15) is 0 Å². The zero-order chi connectivity index (χ0) is 14.0. The van der Waals surface area contributed by atoms with Crippen molar-refractivity contribution in [2.24, 2.45) is 0 Å². The first-order chi connectivity index (χ1) is 8.94. The summed E-state index contributed by atoms with van der Waals surface area (Å²) in [6.45, 7) is 3.91. The van der Waals surface area contributed by atoms with Gasteiger partial charge in [0.05, 0.1) is 0 Å². The third-order valence-corrected chi connectivity index (χ3v) is 3.72. The molecule has 0 aromatic rings. The van der Waals surface area contributed by atoms with Crippen LogP contribution in [0, 0.1) is 0 Å². The predicted octanol–water partition coefficient (Wildman–Crippen LogP) is 0.766. The molecule has 0 aromatic carbocycles. The number of amides is 4. The Balaban J connectivity index is 1.92. The number of nitrogens with one attached hydrogen (secondary N) is 2. The van der Waals surface area contributed by atoms with Gasteiger partial charge in [0.2, 0.25) is 5.91 Å². The smallest absolute Gasteiger partial charge is 0.325 e. The van der Waals surface area contributed by atoms with Gasteiger partial charge in [0.25, 0.3) is 5.91 Å². The first-order valence-corrected chi connectivity index (χ1v) is 6.88. The van der Waals surface area contributed by atoms with E-state index in [0.717, 1.165) is 12.8 Å². The fourth-order valence-electron chi connectivity index (χ4n) is 2.80. The molecule has 1 spiro atoms. The number of carbonyl (C=O) groups is 3. The molecule has 1 heterocycles. The third kappa shape index (κ3) is 2.72. The van der Waals surface area contributed by atoms with E-state index in [0.29, 0.717) is 12.8 Å². The van der Waals surface area contributed by atoms with Crippen LogP contribution in [0.3, 0.4) is 0 Å². The number of imide groups is 1. The lowest BCUT2D eigenvalue weighted by Crippen LogP contribution is -2.44. The second kappa shape index (κ2) is 5.19. The van der Waals surface area contributed by atoms with E-state index in [2.05, 4.69) is 10.6 Å². The molecule has 106 valence electrons. The molecule has 0 bridgehead atoms. The van der Waals surface area contributed by atoms with Crippen molar-refractivity contribution in [1.82, 2.24) is 15.5 Å². The van der Waals surface area contributed by atoms with Crippen molar-refractivity contribution >= 4 is 17.8 Å². The second-order valence-corrected chi connectivity index (χ2v) is 5.65. The lowest BCUT2D eigenvalue weighted by molar-refractivity contribution is -0.131. The average Bonchev–Trinajstić information content (AvgIpc) is 2.85. The van der Waals surface area contributed by atoms with E-state index >= 15 is 0 Å². The van der Waals surface area contributed by atoms with Gasteiger partial charge in [-0.15, -0.1) is 0 Å². The first-order valence-electron chi connectivity index (χ1n) is 6.88. The van der Waals surface area contributed by atoms with E-state index in [1.54, 1.807) is 0 Å². The Hall–Kier alpha value is -1.59. The first kappa shape index (κ1) is 13.8. The number of carbonyl (C=O) groups excluding carboxylic acids is 3. The minimum absolute atomic E-state index is 0.0665. The van der Waals surface area contributed by atoms with Crippen LogP contribution in [0.5, 0.6) is 0 Å². The minimum Gasteiger partial charge on any atom is -0.354 e. The molecule has 2 aliphatic rings. The van der Waals surface area contributed by atoms with Crippen LogP contribution in [0.2, 0.25) is 0 Å². The van der Waals surface area contributed by atoms with Crippen LogP contribution in [0.4, 0.5) is 4.79 Å². The minimum atomic E-state index is -0.675. The zero-order valence-electron chi connectivity index (χ0n) is 11.5. The molecule has 1 saturated carbocycles. The highest BCUT2D eigenvalue weighted by atomic mass is 16.2. The van der Waals surface area contributed by atoms with Crippen LogP contribution in [0.1, 0.15) is 46.0 Å². The van der Waals surface area contributed by atoms with E-state index in [1.807, 2.05) is 13.8 Å². The molecule has 4 amide bonds. The van der Waals surface area contributed by atoms with E-state index in [9.17, 15) is 14.4 Å². The molecule has 1 aliphatic carbocycles. The maximum absolute atomic E-state index is 12.3. The topological polar surface area (TPSA) is 78.5 Å². The summed E-state index contributed by atoms with van der Waals surface area (Å²) in [4.78, 5) is 36.9. The lowest BCUT2D eigenvalue weighted by atomic mass is 9.98. The Morgan fingerprint density at radius 1 is 1.37 bits per heavy atom. The Morgan fingerprint density at radius 3 is 2.58 bits per heavy atom. The summed E-state index contributed by atoms with van der Waals surface area (Å²) in [7, 11) is 0. The molecule has 6 heteroatoms. The molecule has 6 nitrogen and oxygen atoms in total. The van der Waals surface area contributed by atoms with Gasteiger partial charge in [-0.25, -0.2) is 4.79 Å². The van der Waals surface area contributed by atoms with Crippen LogP contribution in [0.15, 0.2) is 0 Å². The van der Waals surface area contributed by atoms with Crippen molar-refractivity contribution in [2.45, 2.75) is 57.5 Å². The highest BCUT2D eigenvalue weighted by Gasteiger charge is 2.52. The van der Waals surface area contributed by atoms with Crippen molar-refractivity contribution in [2.75, 3.05) is 6.54 Å². The summed E-state index contributed by atoms with van der Waals surface area (Å²) in [5.41, 5.74) is -0.675. The fraction of sp³-hybridized carbons (Fsp3) is 0.769. The largest absolute Gasteiger partial charge is 0.354 e. The van der Waals surface area contributed by atoms with Gasteiger partial charge in [0.1, 0.15) is 5.54 Å². The summed E-state index contributed by atoms with van der Waals surface area (Å²) in [6.07, 6.45) is 3.52. The molecule has 2 rings (SSSR count). The van der Waals surface area contributed by atoms with E-state index in [4.69, 9.17) is 0 Å². The number of nitrogens with zero attached hydrogens (tertiary/aromatic N) is 1. The van der Waals surface area contributed by atoms with Gasteiger partial charge in [0.15, 0.2) is 0 Å². The summed E-state index contributed by atoms with van der Waals surface area (Å²) in [5, 5.41) is 5.55. The molecule has 0 atom stereocenters. The zero-order valence-corrected chi connectivity index (χ0v) is 11.5. The van der Waals surface area contributed by atoms with E-state index in [-0.39, 0.29) is 36.9 Å². The van der Waals surface area contributed by atoms with Crippen molar-refractivity contribution in [1.29, 1.82) is 0 Å². The monoisotopic (exact) mass is 267 g/mol. The summed E-state index contributed by atoms with van der Waals surface area (Å²) < 4.78 is 0. The van der Waals surface area contributed by atoms with Gasteiger partial charge in [0, 0.05) is 19.0 Å². The SMILES string of the molecule is CC(C)NC(=O)CCN1C(=O)NC2(CCCC2)C1=O. The predicted molar refractivity (Wildman–Crippen MR) is 69.3 cm³/mol. The quantitative estimate of drug-likeness (QED) is 0.738. The van der Waals surface area contributed by atoms with Crippen LogP contribution < -0.4 is 10.6 Å². The molecular weight excluding hydrogens is 246 g/mol. The molecule has 0 unspecified atom stereocenters. The summed E-state index contributed by atoms with van der Waals surface area (Å²) in [5.74, 6) is -0.296. The maximum Gasteiger partial charge on any atom is 0.325 e. The molecule has 0 aromatic heterocycles. The standard InChI is InChI=1S/C13H21N3O3/c1-9(2)14-10(17)5-8-16-11(18)13(15-12(16)19)6-3-4-7-13/h9H,3-8H2,1-2H3,(H,14,17)(H,15,19). The Morgan fingerprint density at radius 2 is 2.00 bits per heavy atom. The van der Waals surface area contributed by atoms with Crippen molar-refractivity contribution < 1.29 is 14.4 Å². The Kier molecular flexibility index (Phi) is 3.78. The number of urea groups is 1. The van der Waals surface area contributed by atoms with Crippen molar-refractivity contribution in [3.63, 3.8) is 0 Å². The molecule has 1 aliphatic heterocycles. The molecule has 2 N–H and O–H groups in total. The number of hydrogen-bond acceptors (Lipinski definition) is 3. The molecular formula is C13H21N3O3. The third-order valence-electron chi connectivity index (χ3n) is 3.72. The number of hydrogen-bond donors (Lipinski definition) is 2. The van der Waals surface area contributed by atoms with Gasteiger partial charge >= 0.3 is 6.03 Å². The maximum atomic E-state index is 12.3. The highest BCUT2D eigenvalue weighted by molar-refractivity contribution is 6.07. The summed E-state index contributed by atoms with van der Waals surface area (Å²) >= 11 is 0. The average molecular weight is 267 g/mol. The van der Waals surface area contributed by atoms with Crippen LogP contribution in [-0.4, -0.2) is 40.9 Å². The van der Waals surface area contributed by atoms with E-state index in [1.165, 1.54) is 4.90 Å². The Labute approximate surface area is 112 Å². The van der Waals surface area contributed by atoms with Gasteiger partial charge in [-0.1, -0.05) is 12.8 Å². The molecule has 19 heavy (non-hydrogen) atoms. The molecule has 0 radical (unpaired) electrons. The number of rotatable bonds is 4. The fourth-order valence-corrected chi connectivity index (χ4v) is 2.80. The van der Waals surface area contributed by atoms with Gasteiger partial charge in [-0.05, 0) is 26.7 Å². The van der Waals surface area contributed by atoms with Gasteiger partial charge in [-0.3, -0.25) is 14.5 Å².